The number of likely N-dealkylation sites (tertiary alicyclic amines) is 1. The van der Waals surface area contributed by atoms with Crippen LogP contribution in [0.2, 0.25) is 0 Å². The van der Waals surface area contributed by atoms with Crippen LogP contribution in [0.3, 0.4) is 0 Å². The Balaban J connectivity index is 0.00000162. The van der Waals surface area contributed by atoms with Crippen molar-refractivity contribution in [3.8, 4) is 0 Å². The molecule has 0 atom stereocenters. The fraction of sp³-hybridized carbons (Fsp3) is 0.667. The summed E-state index contributed by atoms with van der Waals surface area (Å²) in [5.74, 6) is 0.943. The Hall–Kier alpha value is -0.790. The standard InChI is InChI=1S/C12H20N4O.HI/c1-12(2)5-6-16(9-12)11(13-3)14-8-10-4-7-17-15-10;/h4,7H,5-6,8-9H2,1-3H3,(H,13,14);1H. The molecule has 0 bridgehead atoms. The number of hydrogen-bond donors (Lipinski definition) is 1. The van der Waals surface area contributed by atoms with Crippen molar-refractivity contribution in [1.82, 2.24) is 15.4 Å². The zero-order chi connectivity index (χ0) is 12.3. The summed E-state index contributed by atoms with van der Waals surface area (Å²) in [6.45, 7) is 7.34. The van der Waals surface area contributed by atoms with E-state index in [1.165, 1.54) is 6.42 Å². The minimum absolute atomic E-state index is 0. The molecule has 18 heavy (non-hydrogen) atoms. The van der Waals surface area contributed by atoms with Crippen LogP contribution in [0.4, 0.5) is 0 Å². The highest BCUT2D eigenvalue weighted by atomic mass is 127. The summed E-state index contributed by atoms with van der Waals surface area (Å²) in [5, 5.41) is 7.17. The maximum absolute atomic E-state index is 4.80. The predicted molar refractivity (Wildman–Crippen MR) is 82.1 cm³/mol. The monoisotopic (exact) mass is 364 g/mol. The Kier molecular flexibility index (Phi) is 5.43. The minimum Gasteiger partial charge on any atom is -0.364 e. The Bertz CT molecular complexity index is 389. The Morgan fingerprint density at radius 2 is 2.39 bits per heavy atom. The maximum atomic E-state index is 4.80. The molecule has 2 rings (SSSR count). The number of rotatable bonds is 2. The molecule has 1 aliphatic rings. The fourth-order valence-electron chi connectivity index (χ4n) is 2.12. The molecule has 0 spiro atoms. The van der Waals surface area contributed by atoms with E-state index in [-0.39, 0.29) is 24.0 Å². The van der Waals surface area contributed by atoms with E-state index in [0.29, 0.717) is 12.0 Å². The molecule has 1 N–H and O–H groups in total. The van der Waals surface area contributed by atoms with E-state index in [0.717, 1.165) is 24.7 Å². The number of nitrogens with one attached hydrogen (secondary N) is 1. The van der Waals surface area contributed by atoms with Crippen LogP contribution in [0.25, 0.3) is 0 Å². The molecule has 0 aliphatic carbocycles. The van der Waals surface area contributed by atoms with Crippen molar-refractivity contribution in [2.24, 2.45) is 10.4 Å². The molecule has 0 aromatic carbocycles. The molecule has 6 heteroatoms. The van der Waals surface area contributed by atoms with Gasteiger partial charge in [-0.2, -0.15) is 0 Å². The first-order valence-corrected chi connectivity index (χ1v) is 5.95. The van der Waals surface area contributed by atoms with Gasteiger partial charge < -0.3 is 14.7 Å². The van der Waals surface area contributed by atoms with Gasteiger partial charge in [0.2, 0.25) is 0 Å². The number of guanidine groups is 1. The lowest BCUT2D eigenvalue weighted by molar-refractivity contribution is 0.369. The summed E-state index contributed by atoms with van der Waals surface area (Å²) in [6.07, 6.45) is 2.79. The number of nitrogens with zero attached hydrogens (tertiary/aromatic N) is 3. The van der Waals surface area contributed by atoms with E-state index >= 15 is 0 Å². The molecular weight excluding hydrogens is 343 g/mol. The van der Waals surface area contributed by atoms with Gasteiger partial charge in [0, 0.05) is 26.2 Å². The van der Waals surface area contributed by atoms with E-state index in [4.69, 9.17) is 4.52 Å². The van der Waals surface area contributed by atoms with Crippen LogP contribution in [-0.2, 0) is 6.54 Å². The van der Waals surface area contributed by atoms with Crippen LogP contribution in [0.15, 0.2) is 21.8 Å². The lowest BCUT2D eigenvalue weighted by Gasteiger charge is -2.23. The second-order valence-corrected chi connectivity index (χ2v) is 5.23. The maximum Gasteiger partial charge on any atom is 0.193 e. The van der Waals surface area contributed by atoms with Crippen LogP contribution >= 0.6 is 24.0 Å². The van der Waals surface area contributed by atoms with Gasteiger partial charge in [-0.25, -0.2) is 0 Å². The van der Waals surface area contributed by atoms with Crippen LogP contribution in [0.1, 0.15) is 26.0 Å². The summed E-state index contributed by atoms with van der Waals surface area (Å²) >= 11 is 0. The number of aromatic nitrogens is 1. The fourth-order valence-corrected chi connectivity index (χ4v) is 2.12. The summed E-state index contributed by atoms with van der Waals surface area (Å²) in [4.78, 5) is 6.60. The van der Waals surface area contributed by atoms with Crippen molar-refractivity contribution < 1.29 is 4.52 Å². The van der Waals surface area contributed by atoms with Crippen molar-refractivity contribution in [3.63, 3.8) is 0 Å². The molecule has 1 aliphatic heterocycles. The lowest BCUT2D eigenvalue weighted by atomic mass is 9.93. The largest absolute Gasteiger partial charge is 0.364 e. The van der Waals surface area contributed by atoms with E-state index in [9.17, 15) is 0 Å². The number of halogens is 1. The van der Waals surface area contributed by atoms with Gasteiger partial charge in [-0.3, -0.25) is 4.99 Å². The second-order valence-electron chi connectivity index (χ2n) is 5.23. The quantitative estimate of drug-likeness (QED) is 0.496. The average Bonchev–Trinajstić information content (AvgIpc) is 2.89. The van der Waals surface area contributed by atoms with Gasteiger partial charge in [-0.05, 0) is 11.8 Å². The topological polar surface area (TPSA) is 53.7 Å². The summed E-state index contributed by atoms with van der Waals surface area (Å²) in [6, 6.07) is 1.86. The molecule has 0 saturated carbocycles. The SMILES string of the molecule is CN=C(NCc1ccon1)N1CCC(C)(C)C1.I. The predicted octanol–water partition coefficient (Wildman–Crippen LogP) is 2.10. The molecular formula is C12H21IN4O. The number of aliphatic imine (C=N–C) groups is 1. The Labute approximate surface area is 125 Å². The molecule has 1 aromatic heterocycles. The van der Waals surface area contributed by atoms with E-state index in [2.05, 4.69) is 34.2 Å². The van der Waals surface area contributed by atoms with E-state index in [1.807, 2.05) is 13.1 Å². The molecule has 5 nitrogen and oxygen atoms in total. The average molecular weight is 364 g/mol. The molecule has 0 amide bonds. The summed E-state index contributed by atoms with van der Waals surface area (Å²) < 4.78 is 4.80. The molecule has 2 heterocycles. The first-order chi connectivity index (χ1) is 8.11. The molecule has 0 radical (unpaired) electrons. The van der Waals surface area contributed by atoms with Crippen molar-refractivity contribution in [2.75, 3.05) is 20.1 Å². The van der Waals surface area contributed by atoms with Gasteiger partial charge in [-0.15, -0.1) is 24.0 Å². The smallest absolute Gasteiger partial charge is 0.193 e. The third-order valence-corrected chi connectivity index (χ3v) is 3.11. The molecule has 1 aromatic rings. The van der Waals surface area contributed by atoms with Gasteiger partial charge in [0.1, 0.15) is 12.0 Å². The summed E-state index contributed by atoms with van der Waals surface area (Å²) in [5.41, 5.74) is 1.27. The lowest BCUT2D eigenvalue weighted by Crippen LogP contribution is -2.40. The second kappa shape index (κ2) is 6.40. The Morgan fingerprint density at radius 3 is 2.89 bits per heavy atom. The van der Waals surface area contributed by atoms with Gasteiger partial charge in [0.05, 0.1) is 6.54 Å². The van der Waals surface area contributed by atoms with Gasteiger partial charge in [0.15, 0.2) is 5.96 Å². The van der Waals surface area contributed by atoms with E-state index < -0.39 is 0 Å². The highest BCUT2D eigenvalue weighted by Gasteiger charge is 2.30. The number of hydrogen-bond acceptors (Lipinski definition) is 3. The third kappa shape index (κ3) is 3.86. The van der Waals surface area contributed by atoms with E-state index in [1.54, 1.807) is 6.26 Å². The normalized spacial score (nSPS) is 18.6. The zero-order valence-corrected chi connectivity index (χ0v) is 13.5. The molecule has 1 saturated heterocycles. The molecule has 102 valence electrons. The van der Waals surface area contributed by atoms with Gasteiger partial charge >= 0.3 is 0 Å². The zero-order valence-electron chi connectivity index (χ0n) is 11.1. The van der Waals surface area contributed by atoms with Gasteiger partial charge in [0.25, 0.3) is 0 Å². The van der Waals surface area contributed by atoms with Crippen molar-refractivity contribution >= 4 is 29.9 Å². The molecule has 1 fully saturated rings. The highest BCUT2D eigenvalue weighted by Crippen LogP contribution is 2.28. The minimum atomic E-state index is 0. The van der Waals surface area contributed by atoms with Crippen LogP contribution < -0.4 is 5.32 Å². The highest BCUT2D eigenvalue weighted by molar-refractivity contribution is 14.0. The van der Waals surface area contributed by atoms with Crippen LogP contribution in [0.5, 0.6) is 0 Å². The van der Waals surface area contributed by atoms with Crippen LogP contribution in [0, 0.1) is 5.41 Å². The first kappa shape index (κ1) is 15.3. The molecule has 0 unspecified atom stereocenters. The van der Waals surface area contributed by atoms with Crippen molar-refractivity contribution in [3.05, 3.63) is 18.0 Å². The summed E-state index contributed by atoms with van der Waals surface area (Å²) in [7, 11) is 1.82. The van der Waals surface area contributed by atoms with Crippen molar-refractivity contribution in [1.29, 1.82) is 0 Å². The van der Waals surface area contributed by atoms with Crippen molar-refractivity contribution in [2.45, 2.75) is 26.8 Å². The van der Waals surface area contributed by atoms with Crippen LogP contribution in [-0.4, -0.2) is 36.2 Å². The third-order valence-electron chi connectivity index (χ3n) is 3.11. The Morgan fingerprint density at radius 1 is 1.61 bits per heavy atom. The van der Waals surface area contributed by atoms with Gasteiger partial charge in [-0.1, -0.05) is 19.0 Å². The first-order valence-electron chi connectivity index (χ1n) is 5.95.